The predicted octanol–water partition coefficient (Wildman–Crippen LogP) is 4.18. The highest BCUT2D eigenvalue weighted by Crippen LogP contribution is 2.30. The van der Waals surface area contributed by atoms with Crippen LogP contribution in [0.15, 0.2) is 60.1 Å². The van der Waals surface area contributed by atoms with E-state index in [1.165, 1.54) is 11.3 Å². The Morgan fingerprint density at radius 2 is 2.00 bits per heavy atom. The number of fused-ring (bicyclic) bond motifs is 1. The molecule has 1 aromatic carbocycles. The number of nitrogens with zero attached hydrogens (tertiary/aromatic N) is 3. The fraction of sp³-hybridized carbons (Fsp3) is 0.143. The summed E-state index contributed by atoms with van der Waals surface area (Å²) in [5, 5.41) is 11.9. The zero-order valence-electron chi connectivity index (χ0n) is 15.7. The number of carbonyl (C=O) groups is 2. The zero-order chi connectivity index (χ0) is 20.5. The van der Waals surface area contributed by atoms with E-state index in [0.29, 0.717) is 33.7 Å². The number of amides is 2. The SMILES string of the molecule is O=C(Nc1cccc(Oc2ccc3nc(NC(=O)C4CC4)cn3n2)c1)c1cccs1. The molecular formula is C21H17N5O3S. The lowest BCUT2D eigenvalue weighted by molar-refractivity contribution is -0.117. The van der Waals surface area contributed by atoms with Gasteiger partial charge < -0.3 is 15.4 Å². The van der Waals surface area contributed by atoms with Gasteiger partial charge in [-0.1, -0.05) is 12.1 Å². The van der Waals surface area contributed by atoms with Crippen molar-refractivity contribution in [1.29, 1.82) is 0 Å². The summed E-state index contributed by atoms with van der Waals surface area (Å²) in [6.45, 7) is 0. The van der Waals surface area contributed by atoms with Gasteiger partial charge in [-0.25, -0.2) is 9.50 Å². The maximum absolute atomic E-state index is 12.2. The number of anilines is 2. The van der Waals surface area contributed by atoms with Crippen LogP contribution >= 0.6 is 11.3 Å². The molecule has 30 heavy (non-hydrogen) atoms. The Morgan fingerprint density at radius 3 is 2.80 bits per heavy atom. The van der Waals surface area contributed by atoms with E-state index in [1.807, 2.05) is 11.4 Å². The Bertz CT molecular complexity index is 1230. The fourth-order valence-electron chi connectivity index (χ4n) is 2.91. The number of aromatic nitrogens is 3. The van der Waals surface area contributed by atoms with Crippen molar-refractivity contribution in [2.45, 2.75) is 12.8 Å². The van der Waals surface area contributed by atoms with Crippen LogP contribution in [0.5, 0.6) is 11.6 Å². The number of carbonyl (C=O) groups excluding carboxylic acids is 2. The lowest BCUT2D eigenvalue weighted by atomic mass is 10.3. The Kier molecular flexibility index (Phi) is 4.64. The van der Waals surface area contributed by atoms with E-state index in [0.717, 1.165) is 12.8 Å². The van der Waals surface area contributed by atoms with E-state index in [9.17, 15) is 9.59 Å². The first-order valence-electron chi connectivity index (χ1n) is 9.44. The van der Waals surface area contributed by atoms with Gasteiger partial charge in [0.2, 0.25) is 11.8 Å². The molecule has 2 amide bonds. The molecule has 5 rings (SSSR count). The van der Waals surface area contributed by atoms with Gasteiger partial charge in [-0.3, -0.25) is 9.59 Å². The molecule has 0 aliphatic heterocycles. The van der Waals surface area contributed by atoms with Crippen molar-refractivity contribution < 1.29 is 14.3 Å². The van der Waals surface area contributed by atoms with Gasteiger partial charge in [0.15, 0.2) is 11.5 Å². The second-order valence-corrected chi connectivity index (χ2v) is 7.87. The Hall–Kier alpha value is -3.72. The van der Waals surface area contributed by atoms with Gasteiger partial charge in [0.05, 0.1) is 11.1 Å². The first kappa shape index (κ1) is 18.3. The molecule has 0 atom stereocenters. The number of hydrogen-bond donors (Lipinski definition) is 2. The number of hydrogen-bond acceptors (Lipinski definition) is 6. The number of benzene rings is 1. The third-order valence-corrected chi connectivity index (χ3v) is 5.42. The van der Waals surface area contributed by atoms with Gasteiger partial charge >= 0.3 is 0 Å². The molecule has 0 unspecified atom stereocenters. The van der Waals surface area contributed by atoms with Gasteiger partial charge in [-0.15, -0.1) is 16.4 Å². The highest BCUT2D eigenvalue weighted by molar-refractivity contribution is 7.12. The Labute approximate surface area is 175 Å². The minimum Gasteiger partial charge on any atom is -0.438 e. The monoisotopic (exact) mass is 419 g/mol. The topological polar surface area (TPSA) is 97.6 Å². The highest BCUT2D eigenvalue weighted by atomic mass is 32.1. The van der Waals surface area contributed by atoms with Crippen molar-refractivity contribution >= 4 is 40.3 Å². The highest BCUT2D eigenvalue weighted by Gasteiger charge is 2.30. The van der Waals surface area contributed by atoms with Crippen LogP contribution in [0.2, 0.25) is 0 Å². The fourth-order valence-corrected chi connectivity index (χ4v) is 3.53. The molecule has 0 spiro atoms. The molecule has 1 aliphatic carbocycles. The standard InChI is InChI=1S/C21H17N5O3S/c27-20(13-6-7-13)24-17-12-26-18(23-17)8-9-19(25-26)29-15-4-1-3-14(11-15)22-21(28)16-5-2-10-30-16/h1-5,8-13H,6-7H2,(H,22,28)(H,24,27). The van der Waals surface area contributed by atoms with Crippen LogP contribution in [0.4, 0.5) is 11.5 Å². The van der Waals surface area contributed by atoms with Gasteiger partial charge in [0.25, 0.3) is 5.91 Å². The average molecular weight is 419 g/mol. The normalized spacial score (nSPS) is 13.2. The maximum atomic E-state index is 12.2. The van der Waals surface area contributed by atoms with E-state index in [4.69, 9.17) is 4.74 Å². The van der Waals surface area contributed by atoms with E-state index in [1.54, 1.807) is 53.2 Å². The van der Waals surface area contributed by atoms with Crippen molar-refractivity contribution in [3.63, 3.8) is 0 Å². The van der Waals surface area contributed by atoms with Crippen molar-refractivity contribution in [1.82, 2.24) is 14.6 Å². The van der Waals surface area contributed by atoms with Gasteiger partial charge in [-0.05, 0) is 42.5 Å². The largest absolute Gasteiger partial charge is 0.438 e. The van der Waals surface area contributed by atoms with Crippen molar-refractivity contribution in [2.75, 3.05) is 10.6 Å². The minimum absolute atomic E-state index is 0.00344. The summed E-state index contributed by atoms with van der Waals surface area (Å²) < 4.78 is 7.40. The molecule has 1 aliphatic rings. The molecule has 4 aromatic rings. The molecule has 1 saturated carbocycles. The minimum atomic E-state index is -0.166. The summed E-state index contributed by atoms with van der Waals surface area (Å²) in [5.74, 6) is 1.30. The van der Waals surface area contributed by atoms with Crippen molar-refractivity contribution in [3.05, 3.63) is 65.0 Å². The summed E-state index contributed by atoms with van der Waals surface area (Å²) in [5.41, 5.74) is 1.23. The summed E-state index contributed by atoms with van der Waals surface area (Å²) in [4.78, 5) is 29.1. The van der Waals surface area contributed by atoms with Crippen LogP contribution < -0.4 is 15.4 Å². The van der Waals surface area contributed by atoms with Crippen LogP contribution in [0.1, 0.15) is 22.5 Å². The number of thiophene rings is 1. The lowest BCUT2D eigenvalue weighted by Gasteiger charge is -2.08. The van der Waals surface area contributed by atoms with E-state index < -0.39 is 0 Å². The van der Waals surface area contributed by atoms with Crippen molar-refractivity contribution in [3.8, 4) is 11.6 Å². The molecule has 3 heterocycles. The molecule has 0 bridgehead atoms. The van der Waals surface area contributed by atoms with Crippen LogP contribution in [0, 0.1) is 5.92 Å². The van der Waals surface area contributed by atoms with E-state index in [-0.39, 0.29) is 17.7 Å². The quantitative estimate of drug-likeness (QED) is 0.489. The van der Waals surface area contributed by atoms with Gasteiger partial charge in [0, 0.05) is 23.7 Å². The van der Waals surface area contributed by atoms with Gasteiger partial charge in [0.1, 0.15) is 5.75 Å². The molecule has 0 radical (unpaired) electrons. The predicted molar refractivity (Wildman–Crippen MR) is 113 cm³/mol. The first-order chi connectivity index (χ1) is 14.6. The third-order valence-electron chi connectivity index (χ3n) is 4.55. The number of ether oxygens (including phenoxy) is 1. The van der Waals surface area contributed by atoms with Crippen molar-refractivity contribution in [2.24, 2.45) is 5.92 Å². The first-order valence-corrected chi connectivity index (χ1v) is 10.3. The second kappa shape index (κ2) is 7.60. The molecule has 0 saturated heterocycles. The Balaban J connectivity index is 1.30. The van der Waals surface area contributed by atoms with E-state index >= 15 is 0 Å². The molecular weight excluding hydrogens is 402 g/mol. The summed E-state index contributed by atoms with van der Waals surface area (Å²) >= 11 is 1.38. The summed E-state index contributed by atoms with van der Waals surface area (Å²) in [6.07, 6.45) is 3.52. The van der Waals surface area contributed by atoms with Crippen LogP contribution in [-0.2, 0) is 4.79 Å². The Morgan fingerprint density at radius 1 is 1.10 bits per heavy atom. The van der Waals surface area contributed by atoms with Crippen LogP contribution in [-0.4, -0.2) is 26.4 Å². The third kappa shape index (κ3) is 4.01. The molecule has 8 nitrogen and oxygen atoms in total. The summed E-state index contributed by atoms with van der Waals surface area (Å²) in [6, 6.07) is 14.2. The van der Waals surface area contributed by atoms with Crippen LogP contribution in [0.25, 0.3) is 5.65 Å². The number of rotatable bonds is 6. The number of imidazole rings is 1. The molecule has 9 heteroatoms. The molecule has 2 N–H and O–H groups in total. The molecule has 1 fully saturated rings. The van der Waals surface area contributed by atoms with Gasteiger partial charge in [-0.2, -0.15) is 0 Å². The maximum Gasteiger partial charge on any atom is 0.265 e. The average Bonchev–Trinajstić information content (AvgIpc) is 3.29. The molecule has 3 aromatic heterocycles. The lowest BCUT2D eigenvalue weighted by Crippen LogP contribution is -2.13. The second-order valence-electron chi connectivity index (χ2n) is 6.93. The van der Waals surface area contributed by atoms with Crippen LogP contribution in [0.3, 0.4) is 0 Å². The van der Waals surface area contributed by atoms with E-state index in [2.05, 4.69) is 20.7 Å². The number of nitrogens with one attached hydrogen (secondary N) is 2. The smallest absolute Gasteiger partial charge is 0.265 e. The zero-order valence-corrected chi connectivity index (χ0v) is 16.6. The molecule has 150 valence electrons. The summed E-state index contributed by atoms with van der Waals surface area (Å²) in [7, 11) is 0.